The molecule has 0 unspecified atom stereocenters. The highest BCUT2D eigenvalue weighted by Gasteiger charge is 2.00. The van der Waals surface area contributed by atoms with Gasteiger partial charge in [-0.15, -0.1) is 0 Å². The van der Waals surface area contributed by atoms with Crippen LogP contribution in [0.4, 0.5) is 0 Å². The number of nitrogens with zero attached hydrogens (tertiary/aromatic N) is 1. The Kier molecular flexibility index (Phi) is 5.74. The Hall–Kier alpha value is -1.20. The quantitative estimate of drug-likeness (QED) is 0.661. The lowest BCUT2D eigenvalue weighted by Gasteiger charge is -2.04. The van der Waals surface area contributed by atoms with Gasteiger partial charge in [-0.2, -0.15) is 0 Å². The van der Waals surface area contributed by atoms with E-state index in [4.69, 9.17) is 4.74 Å². The van der Waals surface area contributed by atoms with Crippen LogP contribution in [0.25, 0.3) is 0 Å². The maximum absolute atomic E-state index is 11.4. The summed E-state index contributed by atoms with van der Waals surface area (Å²) in [6.45, 7) is 4.21. The second-order valence-corrected chi connectivity index (χ2v) is 3.56. The number of rotatable bonds is 7. The van der Waals surface area contributed by atoms with E-state index in [1.54, 1.807) is 7.11 Å². The van der Waals surface area contributed by atoms with Crippen molar-refractivity contribution in [3.63, 3.8) is 0 Å². The summed E-state index contributed by atoms with van der Waals surface area (Å²) < 4.78 is 4.96. The third-order valence-corrected chi connectivity index (χ3v) is 2.16. The van der Waals surface area contributed by atoms with E-state index in [-0.39, 0.29) is 5.56 Å². The van der Waals surface area contributed by atoms with E-state index in [2.05, 4.69) is 15.3 Å². The lowest BCUT2D eigenvalue weighted by atomic mass is 10.3. The van der Waals surface area contributed by atoms with Crippen LogP contribution < -0.4 is 10.9 Å². The molecule has 0 spiro atoms. The highest BCUT2D eigenvalue weighted by Crippen LogP contribution is 1.96. The molecule has 1 heterocycles. The number of hydrogen-bond donors (Lipinski definition) is 2. The first-order valence-corrected chi connectivity index (χ1v) is 5.55. The molecule has 0 aliphatic carbocycles. The lowest BCUT2D eigenvalue weighted by Crippen LogP contribution is -2.18. The molecule has 0 saturated carbocycles. The predicted octanol–water partition coefficient (Wildman–Crippen LogP) is 0.458. The van der Waals surface area contributed by atoms with E-state index in [9.17, 15) is 4.79 Å². The molecule has 0 saturated heterocycles. The van der Waals surface area contributed by atoms with E-state index in [1.165, 1.54) is 6.07 Å². The van der Waals surface area contributed by atoms with Gasteiger partial charge in [0.1, 0.15) is 5.82 Å². The van der Waals surface area contributed by atoms with Crippen molar-refractivity contribution in [3.05, 3.63) is 27.9 Å². The molecule has 2 N–H and O–H groups in total. The fourth-order valence-electron chi connectivity index (χ4n) is 1.41. The molecule has 0 aliphatic rings. The Labute approximate surface area is 95.3 Å². The van der Waals surface area contributed by atoms with Crippen LogP contribution in [-0.2, 0) is 17.7 Å². The number of aryl methyl sites for hydroxylation is 1. The summed E-state index contributed by atoms with van der Waals surface area (Å²) in [5, 5.41) is 3.15. The standard InChI is InChI=1S/C11H19N3O2/c1-3-12-8-9-7-11(15)14-10(13-9)5-4-6-16-2/h7,12H,3-6,8H2,1-2H3,(H,13,14,15). The molecule has 5 nitrogen and oxygen atoms in total. The summed E-state index contributed by atoms with van der Waals surface area (Å²) in [6, 6.07) is 1.53. The summed E-state index contributed by atoms with van der Waals surface area (Å²) in [5.74, 6) is 0.734. The summed E-state index contributed by atoms with van der Waals surface area (Å²) in [4.78, 5) is 18.5. The van der Waals surface area contributed by atoms with E-state index >= 15 is 0 Å². The first-order valence-electron chi connectivity index (χ1n) is 5.55. The van der Waals surface area contributed by atoms with Crippen molar-refractivity contribution in [1.29, 1.82) is 0 Å². The van der Waals surface area contributed by atoms with Gasteiger partial charge in [0.15, 0.2) is 0 Å². The molecule has 0 bridgehead atoms. The smallest absolute Gasteiger partial charge is 0.251 e. The third kappa shape index (κ3) is 4.55. The van der Waals surface area contributed by atoms with Gasteiger partial charge < -0.3 is 15.0 Å². The molecule has 5 heteroatoms. The Morgan fingerprint density at radius 3 is 3.06 bits per heavy atom. The molecule has 0 radical (unpaired) electrons. The van der Waals surface area contributed by atoms with Crippen molar-refractivity contribution in [2.75, 3.05) is 20.3 Å². The fraction of sp³-hybridized carbons (Fsp3) is 0.636. The van der Waals surface area contributed by atoms with Crippen LogP contribution in [0.15, 0.2) is 10.9 Å². The van der Waals surface area contributed by atoms with Crippen LogP contribution >= 0.6 is 0 Å². The average Bonchev–Trinajstić information content (AvgIpc) is 2.26. The molecule has 16 heavy (non-hydrogen) atoms. The number of H-pyrrole nitrogens is 1. The first-order chi connectivity index (χ1) is 7.76. The second-order valence-electron chi connectivity index (χ2n) is 3.56. The van der Waals surface area contributed by atoms with Gasteiger partial charge in [-0.1, -0.05) is 6.92 Å². The van der Waals surface area contributed by atoms with E-state index in [1.807, 2.05) is 6.92 Å². The Morgan fingerprint density at radius 2 is 2.38 bits per heavy atom. The van der Waals surface area contributed by atoms with Crippen molar-refractivity contribution in [1.82, 2.24) is 15.3 Å². The monoisotopic (exact) mass is 225 g/mol. The number of nitrogens with one attached hydrogen (secondary N) is 2. The first kappa shape index (κ1) is 12.9. The molecule has 1 aromatic rings. The minimum atomic E-state index is -0.0877. The van der Waals surface area contributed by atoms with Crippen LogP contribution in [0, 0.1) is 0 Å². The Bertz CT molecular complexity index is 362. The SMILES string of the molecule is CCNCc1cc(=O)[nH]c(CCCOC)n1. The molecular formula is C11H19N3O2. The zero-order chi connectivity index (χ0) is 11.8. The minimum Gasteiger partial charge on any atom is -0.385 e. The Morgan fingerprint density at radius 1 is 1.56 bits per heavy atom. The van der Waals surface area contributed by atoms with Crippen LogP contribution in [0.5, 0.6) is 0 Å². The molecule has 0 atom stereocenters. The van der Waals surface area contributed by atoms with Crippen molar-refractivity contribution in [2.24, 2.45) is 0 Å². The molecule has 0 amide bonds. The van der Waals surface area contributed by atoms with Gasteiger partial charge in [-0.3, -0.25) is 4.79 Å². The van der Waals surface area contributed by atoms with Gasteiger partial charge in [0.05, 0.1) is 5.69 Å². The summed E-state index contributed by atoms with van der Waals surface area (Å²) in [7, 11) is 1.66. The Balaban J connectivity index is 2.62. The fourth-order valence-corrected chi connectivity index (χ4v) is 1.41. The number of aromatic amines is 1. The largest absolute Gasteiger partial charge is 0.385 e. The van der Waals surface area contributed by atoms with Gasteiger partial charge in [-0.05, 0) is 13.0 Å². The molecule has 90 valence electrons. The van der Waals surface area contributed by atoms with Gasteiger partial charge in [0.2, 0.25) is 0 Å². The van der Waals surface area contributed by atoms with Crippen LogP contribution in [-0.4, -0.2) is 30.2 Å². The van der Waals surface area contributed by atoms with Crippen molar-refractivity contribution in [3.8, 4) is 0 Å². The highest BCUT2D eigenvalue weighted by atomic mass is 16.5. The van der Waals surface area contributed by atoms with Gasteiger partial charge in [0, 0.05) is 32.7 Å². The summed E-state index contributed by atoms with van der Waals surface area (Å²) in [6.07, 6.45) is 1.60. The van der Waals surface area contributed by atoms with Crippen molar-refractivity contribution in [2.45, 2.75) is 26.3 Å². The van der Waals surface area contributed by atoms with E-state index < -0.39 is 0 Å². The number of hydrogen-bond acceptors (Lipinski definition) is 4. The molecule has 0 aliphatic heterocycles. The molecule has 1 aromatic heterocycles. The van der Waals surface area contributed by atoms with Gasteiger partial charge in [-0.25, -0.2) is 4.98 Å². The maximum Gasteiger partial charge on any atom is 0.251 e. The van der Waals surface area contributed by atoms with Crippen LogP contribution in [0.1, 0.15) is 24.9 Å². The van der Waals surface area contributed by atoms with Gasteiger partial charge in [0.25, 0.3) is 5.56 Å². The maximum atomic E-state index is 11.4. The number of ether oxygens (including phenoxy) is 1. The summed E-state index contributed by atoms with van der Waals surface area (Å²) in [5.41, 5.74) is 0.702. The molecule has 0 aromatic carbocycles. The molecule has 1 rings (SSSR count). The topological polar surface area (TPSA) is 67.0 Å². The lowest BCUT2D eigenvalue weighted by molar-refractivity contribution is 0.194. The summed E-state index contributed by atoms with van der Waals surface area (Å²) >= 11 is 0. The number of aromatic nitrogens is 2. The zero-order valence-corrected chi connectivity index (χ0v) is 9.88. The van der Waals surface area contributed by atoms with Crippen LogP contribution in [0.3, 0.4) is 0 Å². The second kappa shape index (κ2) is 7.14. The number of methoxy groups -OCH3 is 1. The van der Waals surface area contributed by atoms with E-state index in [0.29, 0.717) is 13.2 Å². The third-order valence-electron chi connectivity index (χ3n) is 2.16. The van der Waals surface area contributed by atoms with Crippen molar-refractivity contribution < 1.29 is 4.74 Å². The van der Waals surface area contributed by atoms with Gasteiger partial charge >= 0.3 is 0 Å². The normalized spacial score (nSPS) is 10.6. The highest BCUT2D eigenvalue weighted by molar-refractivity contribution is 5.02. The van der Waals surface area contributed by atoms with Crippen LogP contribution in [0.2, 0.25) is 0 Å². The zero-order valence-electron chi connectivity index (χ0n) is 9.88. The van der Waals surface area contributed by atoms with Crippen molar-refractivity contribution >= 4 is 0 Å². The molecule has 0 fully saturated rings. The minimum absolute atomic E-state index is 0.0877. The molecular weight excluding hydrogens is 206 g/mol. The average molecular weight is 225 g/mol. The predicted molar refractivity (Wildman–Crippen MR) is 62.4 cm³/mol. The van der Waals surface area contributed by atoms with E-state index in [0.717, 1.165) is 30.9 Å².